The summed E-state index contributed by atoms with van der Waals surface area (Å²) < 4.78 is 9.36. The zero-order valence-electron chi connectivity index (χ0n) is 9.60. The van der Waals surface area contributed by atoms with Crippen LogP contribution in [0.2, 0.25) is 0 Å². The molecule has 18 heavy (non-hydrogen) atoms. The van der Waals surface area contributed by atoms with E-state index in [4.69, 9.17) is 15.6 Å². The van der Waals surface area contributed by atoms with Crippen LogP contribution in [-0.2, 0) is 14.3 Å². The van der Waals surface area contributed by atoms with E-state index in [1.54, 1.807) is 0 Å². The summed E-state index contributed by atoms with van der Waals surface area (Å²) in [5.74, 6) is -1.15. The first-order valence-corrected chi connectivity index (χ1v) is 5.26. The van der Waals surface area contributed by atoms with Crippen LogP contribution in [-0.4, -0.2) is 55.1 Å². The normalized spacial score (nSPS) is 22.2. The highest BCUT2D eigenvalue weighted by Crippen LogP contribution is 2.18. The summed E-state index contributed by atoms with van der Waals surface area (Å²) in [6.45, 7) is 0.148. The molecule has 1 heterocycles. The molecule has 0 saturated carbocycles. The molecule has 1 aliphatic heterocycles. The molecule has 1 aliphatic rings. The zero-order valence-corrected chi connectivity index (χ0v) is 9.60. The number of hydrogen-bond acceptors (Lipinski definition) is 5. The average molecular weight is 261 g/mol. The highest BCUT2D eigenvalue weighted by molar-refractivity contribution is 5.86. The van der Waals surface area contributed by atoms with Crippen LogP contribution >= 0.6 is 0 Å². The van der Waals surface area contributed by atoms with Gasteiger partial charge in [0.15, 0.2) is 5.54 Å². The van der Waals surface area contributed by atoms with Gasteiger partial charge in [-0.15, -0.1) is 0 Å². The van der Waals surface area contributed by atoms with Gasteiger partial charge in [0.05, 0.1) is 13.2 Å². The third-order valence-corrected chi connectivity index (χ3v) is 2.42. The van der Waals surface area contributed by atoms with E-state index in [0.29, 0.717) is 0 Å². The summed E-state index contributed by atoms with van der Waals surface area (Å²) in [7, 11) is 0. The number of carbonyl (C=O) groups is 3. The maximum absolute atomic E-state index is 11.4. The second kappa shape index (κ2) is 6.05. The van der Waals surface area contributed by atoms with Crippen molar-refractivity contribution in [2.75, 3.05) is 26.4 Å². The molecule has 9 nitrogen and oxygen atoms in total. The van der Waals surface area contributed by atoms with Gasteiger partial charge in [-0.2, -0.15) is 0 Å². The van der Waals surface area contributed by atoms with Crippen molar-refractivity contribution in [1.82, 2.24) is 10.6 Å². The van der Waals surface area contributed by atoms with Crippen molar-refractivity contribution in [3.63, 3.8) is 0 Å². The highest BCUT2D eigenvalue weighted by atomic mass is 16.5. The maximum Gasteiger partial charge on any atom is 0.404 e. The Balaban J connectivity index is 2.34. The van der Waals surface area contributed by atoms with Crippen molar-refractivity contribution in [1.29, 1.82) is 0 Å². The van der Waals surface area contributed by atoms with Crippen LogP contribution in [0.4, 0.5) is 9.59 Å². The van der Waals surface area contributed by atoms with Crippen LogP contribution in [0.15, 0.2) is 0 Å². The maximum atomic E-state index is 11.4. The van der Waals surface area contributed by atoms with Gasteiger partial charge in [0, 0.05) is 13.0 Å². The summed E-state index contributed by atoms with van der Waals surface area (Å²) in [6, 6.07) is -0.670. The molecule has 0 spiro atoms. The monoisotopic (exact) mass is 261 g/mol. The fourth-order valence-corrected chi connectivity index (χ4v) is 1.46. The molecule has 1 unspecified atom stereocenters. The summed E-state index contributed by atoms with van der Waals surface area (Å²) in [5.41, 5.74) is 3.32. The summed E-state index contributed by atoms with van der Waals surface area (Å²) in [5, 5.41) is 13.7. The SMILES string of the molecule is NC(=O)OCCNC(=O)NC1(C(=O)O)CCOC1. The minimum absolute atomic E-state index is 0.0331. The number of amides is 3. The third-order valence-electron chi connectivity index (χ3n) is 2.42. The number of carbonyl (C=O) groups excluding carboxylic acids is 2. The second-order valence-electron chi connectivity index (χ2n) is 3.74. The van der Waals surface area contributed by atoms with Crippen molar-refractivity contribution in [2.45, 2.75) is 12.0 Å². The Hall–Kier alpha value is -2.03. The second-order valence-corrected chi connectivity index (χ2v) is 3.74. The lowest BCUT2D eigenvalue weighted by Gasteiger charge is -2.23. The summed E-state index contributed by atoms with van der Waals surface area (Å²) in [6.07, 6.45) is -0.739. The van der Waals surface area contributed by atoms with Gasteiger partial charge >= 0.3 is 18.1 Å². The number of ether oxygens (including phenoxy) is 2. The van der Waals surface area contributed by atoms with E-state index >= 15 is 0 Å². The van der Waals surface area contributed by atoms with Crippen molar-refractivity contribution in [3.8, 4) is 0 Å². The largest absolute Gasteiger partial charge is 0.479 e. The first-order valence-electron chi connectivity index (χ1n) is 5.26. The van der Waals surface area contributed by atoms with E-state index in [-0.39, 0.29) is 32.8 Å². The molecule has 0 aromatic rings. The van der Waals surface area contributed by atoms with Gasteiger partial charge in [0.1, 0.15) is 6.61 Å². The molecule has 0 bridgehead atoms. The van der Waals surface area contributed by atoms with Gasteiger partial charge in [-0.05, 0) is 0 Å². The van der Waals surface area contributed by atoms with Gasteiger partial charge in [0.2, 0.25) is 0 Å². The van der Waals surface area contributed by atoms with E-state index in [1.807, 2.05) is 0 Å². The minimum Gasteiger partial charge on any atom is -0.479 e. The standard InChI is InChI=1S/C9H15N3O6/c10-7(15)18-4-2-11-8(16)12-9(6(13)14)1-3-17-5-9/h1-5H2,(H2,10,15)(H,13,14)(H2,11,12,16). The number of carboxylic acids is 1. The molecule has 0 aliphatic carbocycles. The number of urea groups is 1. The minimum atomic E-state index is -1.39. The van der Waals surface area contributed by atoms with Crippen molar-refractivity contribution in [3.05, 3.63) is 0 Å². The molecule has 1 atom stereocenters. The van der Waals surface area contributed by atoms with Crippen molar-refractivity contribution in [2.24, 2.45) is 5.73 Å². The summed E-state index contributed by atoms with van der Waals surface area (Å²) in [4.78, 5) is 32.8. The number of primary amides is 1. The molecule has 0 aromatic carbocycles. The fourth-order valence-electron chi connectivity index (χ4n) is 1.46. The molecule has 5 N–H and O–H groups in total. The van der Waals surface area contributed by atoms with E-state index in [9.17, 15) is 14.4 Å². The first-order chi connectivity index (χ1) is 8.46. The Bertz CT molecular complexity index is 339. The fraction of sp³-hybridized carbons (Fsp3) is 0.667. The number of hydrogen-bond donors (Lipinski definition) is 4. The van der Waals surface area contributed by atoms with Crippen LogP contribution in [0, 0.1) is 0 Å². The molecule has 0 aromatic heterocycles. The Labute approximate surface area is 103 Å². The van der Waals surface area contributed by atoms with Crippen molar-refractivity contribution < 1.29 is 29.0 Å². The van der Waals surface area contributed by atoms with E-state index in [0.717, 1.165) is 0 Å². The number of nitrogens with one attached hydrogen (secondary N) is 2. The Morgan fingerprint density at radius 1 is 1.44 bits per heavy atom. The number of aliphatic carboxylic acids is 1. The molecule has 1 saturated heterocycles. The van der Waals surface area contributed by atoms with Gasteiger partial charge in [-0.3, -0.25) is 0 Å². The number of nitrogens with two attached hydrogens (primary N) is 1. The van der Waals surface area contributed by atoms with Gasteiger partial charge < -0.3 is 30.9 Å². The molecule has 1 rings (SSSR count). The van der Waals surface area contributed by atoms with E-state index in [1.165, 1.54) is 0 Å². The molecular formula is C9H15N3O6. The van der Waals surface area contributed by atoms with Gasteiger partial charge in [0.25, 0.3) is 0 Å². The highest BCUT2D eigenvalue weighted by Gasteiger charge is 2.43. The predicted molar refractivity (Wildman–Crippen MR) is 57.9 cm³/mol. The third kappa shape index (κ3) is 3.77. The van der Waals surface area contributed by atoms with E-state index < -0.39 is 23.6 Å². The molecule has 0 radical (unpaired) electrons. The number of carboxylic acid groups (broad SMARTS) is 1. The molecular weight excluding hydrogens is 246 g/mol. The Morgan fingerprint density at radius 3 is 2.67 bits per heavy atom. The van der Waals surface area contributed by atoms with Crippen LogP contribution < -0.4 is 16.4 Å². The lowest BCUT2D eigenvalue weighted by atomic mass is 9.99. The lowest BCUT2D eigenvalue weighted by Crippen LogP contribution is -2.58. The molecule has 102 valence electrons. The van der Waals surface area contributed by atoms with E-state index in [2.05, 4.69) is 15.4 Å². The Kier molecular flexibility index (Phi) is 4.72. The number of rotatable bonds is 5. The molecule has 1 fully saturated rings. The first kappa shape index (κ1) is 14.0. The lowest BCUT2D eigenvalue weighted by molar-refractivity contribution is -0.144. The van der Waals surface area contributed by atoms with Gasteiger partial charge in [-0.1, -0.05) is 0 Å². The molecule has 9 heteroatoms. The van der Waals surface area contributed by atoms with Crippen molar-refractivity contribution >= 4 is 18.1 Å². The molecule has 3 amide bonds. The zero-order chi connectivity index (χ0) is 13.6. The topological polar surface area (TPSA) is 140 Å². The quantitative estimate of drug-likeness (QED) is 0.450. The van der Waals surface area contributed by atoms with Gasteiger partial charge in [-0.25, -0.2) is 14.4 Å². The average Bonchev–Trinajstić information content (AvgIpc) is 2.74. The predicted octanol–water partition coefficient (Wildman–Crippen LogP) is -1.38. The summed E-state index contributed by atoms with van der Waals surface area (Å²) >= 11 is 0. The van der Waals surface area contributed by atoms with Crippen LogP contribution in [0.1, 0.15) is 6.42 Å². The van der Waals surface area contributed by atoms with Crippen LogP contribution in [0.5, 0.6) is 0 Å². The van der Waals surface area contributed by atoms with Crippen LogP contribution in [0.25, 0.3) is 0 Å². The van der Waals surface area contributed by atoms with Crippen LogP contribution in [0.3, 0.4) is 0 Å². The Morgan fingerprint density at radius 2 is 2.17 bits per heavy atom. The smallest absolute Gasteiger partial charge is 0.404 e.